The first-order valence-electron chi connectivity index (χ1n) is 0. The Morgan fingerprint density at radius 1 is 0.500 bits per heavy atom. The van der Waals surface area contributed by atoms with Gasteiger partial charge in [0.2, 0.25) is 0 Å². The van der Waals surface area contributed by atoms with E-state index in [1.54, 1.807) is 0 Å². The molecule has 0 amide bonds. The van der Waals surface area contributed by atoms with E-state index < -0.39 is 0 Å². The minimum absolute atomic E-state index is 0. The molecule has 0 saturated heterocycles. The van der Waals surface area contributed by atoms with E-state index in [-0.39, 0.29) is 113 Å². The van der Waals surface area contributed by atoms with Crippen LogP contribution in [0.5, 0.6) is 0 Å². The fourth-order valence-electron chi connectivity index (χ4n) is 0. The molecule has 0 aliphatic rings. The van der Waals surface area contributed by atoms with Crippen LogP contribution in [-0.2, 0) is 19.5 Å². The second-order valence-corrected chi connectivity index (χ2v) is 0. The van der Waals surface area contributed by atoms with Gasteiger partial charge in [-0.15, -0.1) is 0 Å². The van der Waals surface area contributed by atoms with Crippen molar-refractivity contribution in [2.45, 2.75) is 7.43 Å². The number of hydrogen-bond acceptors (Lipinski definition) is 0. The molecule has 0 saturated carbocycles. The Morgan fingerprint density at radius 2 is 0.500 bits per heavy atom. The molecule has 0 aromatic carbocycles. The van der Waals surface area contributed by atoms with Crippen molar-refractivity contribution in [2.24, 2.45) is 0 Å². The van der Waals surface area contributed by atoms with Gasteiger partial charge in [-0.05, 0) is 0 Å². The molecule has 0 aliphatic heterocycles. The Labute approximate surface area is 112 Å². The maximum Gasteiger partial charge on any atom is 2.00 e. The normalized spacial score (nSPS) is 0. The van der Waals surface area contributed by atoms with Gasteiger partial charge in [0.15, 0.2) is 0 Å². The zero-order chi connectivity index (χ0) is 0. The van der Waals surface area contributed by atoms with E-state index in [9.17, 15) is 0 Å². The Hall–Kier alpha value is 1.99. The van der Waals surface area contributed by atoms with Gasteiger partial charge in [-0.2, -0.15) is 0 Å². The van der Waals surface area contributed by atoms with Gasteiger partial charge in [-0.3, -0.25) is 0 Å². The van der Waals surface area contributed by atoms with Crippen LogP contribution in [0.1, 0.15) is 7.43 Å². The zero-order valence-corrected chi connectivity index (χ0v) is 12.8. The molecule has 0 unspecified atom stereocenters. The van der Waals surface area contributed by atoms with Crippen molar-refractivity contribution >= 4 is 23.1 Å². The summed E-state index contributed by atoms with van der Waals surface area (Å²) < 4.78 is 0. The molecule has 0 radical (unpaired) electrons. The van der Waals surface area contributed by atoms with Crippen molar-refractivity contribution in [2.75, 3.05) is 0 Å². The molecule has 0 bridgehead atoms. The summed E-state index contributed by atoms with van der Waals surface area (Å²) in [7, 11) is 0. The van der Waals surface area contributed by atoms with E-state index in [0.29, 0.717) is 0 Å². The topological polar surface area (TPSA) is 0 Å². The first-order valence-corrected chi connectivity index (χ1v) is 0. The summed E-state index contributed by atoms with van der Waals surface area (Å²) in [4.78, 5) is 0. The smallest absolute Gasteiger partial charge is 0.358 e. The van der Waals surface area contributed by atoms with Crippen molar-refractivity contribution in [3.63, 3.8) is 0 Å². The van der Waals surface area contributed by atoms with Crippen molar-refractivity contribution in [1.29, 1.82) is 0 Å². The zero-order valence-electron chi connectivity index (χ0n) is 8.41. The van der Waals surface area contributed by atoms with Crippen LogP contribution >= 0.6 is 0 Å². The van der Waals surface area contributed by atoms with Gasteiger partial charge in [0, 0.05) is 0 Å². The Morgan fingerprint density at radius 3 is 0.500 bits per heavy atom. The summed E-state index contributed by atoms with van der Waals surface area (Å²) in [6.45, 7) is 0. The Kier molecular flexibility index (Phi) is 10200. The molecular weight excluding hydrogens is 181 g/mol. The fraction of sp³-hybridized carbons (Fsp3) is 0.143. The maximum absolute atomic E-state index is 0. The molecule has 0 aromatic heterocycles. The van der Waals surface area contributed by atoms with Crippen molar-refractivity contribution in [1.82, 2.24) is 0 Å². The SMILES string of the molecule is C.[CH3-].[CH3-].[CH3-].[CH3-].[CH3-].[CH3-].[Li+].[Mg+2].[Zn+2]. The van der Waals surface area contributed by atoms with Crippen LogP contribution in [0, 0.1) is 44.6 Å². The van der Waals surface area contributed by atoms with Gasteiger partial charge in [-0.25, -0.2) is 0 Å². The van der Waals surface area contributed by atoms with E-state index in [1.807, 2.05) is 0 Å². The van der Waals surface area contributed by atoms with Crippen LogP contribution in [0.3, 0.4) is 0 Å². The molecular formula is C7H22LiMgZn-. The summed E-state index contributed by atoms with van der Waals surface area (Å²) in [6, 6.07) is 0. The molecule has 0 aliphatic carbocycles. The summed E-state index contributed by atoms with van der Waals surface area (Å²) in [5.74, 6) is 0. The van der Waals surface area contributed by atoms with Crippen molar-refractivity contribution in [3.05, 3.63) is 44.6 Å². The monoisotopic (exact) mass is 201 g/mol. The molecule has 0 heterocycles. The predicted octanol–water partition coefficient (Wildman–Crippen LogP) is -0.0415. The van der Waals surface area contributed by atoms with Crippen LogP contribution in [-0.4, -0.2) is 23.1 Å². The second-order valence-electron chi connectivity index (χ2n) is 0. The first kappa shape index (κ1) is 366. The molecule has 0 N–H and O–H groups in total. The van der Waals surface area contributed by atoms with E-state index in [2.05, 4.69) is 0 Å². The summed E-state index contributed by atoms with van der Waals surface area (Å²) in [5, 5.41) is 0. The molecule has 0 rings (SSSR count). The van der Waals surface area contributed by atoms with Gasteiger partial charge < -0.3 is 44.6 Å². The van der Waals surface area contributed by atoms with Crippen LogP contribution < -0.4 is 18.9 Å². The van der Waals surface area contributed by atoms with Gasteiger partial charge in [-0.1, -0.05) is 7.43 Å². The molecule has 0 atom stereocenters. The third kappa shape index (κ3) is 204. The molecule has 56 valence electrons. The predicted molar refractivity (Wildman–Crippen MR) is 51.0 cm³/mol. The van der Waals surface area contributed by atoms with E-state index >= 15 is 0 Å². The third-order valence-electron chi connectivity index (χ3n) is 0. The quantitative estimate of drug-likeness (QED) is 0.382. The van der Waals surface area contributed by atoms with Crippen LogP contribution in [0.25, 0.3) is 0 Å². The average Bonchev–Trinajstić information content (AvgIpc) is 0. The van der Waals surface area contributed by atoms with Crippen LogP contribution in [0.4, 0.5) is 0 Å². The molecule has 0 fully saturated rings. The van der Waals surface area contributed by atoms with E-state index in [1.165, 1.54) is 0 Å². The standard InChI is InChI=1S/CH4.6CH3.Li.Mg.Zn/h1H4;6*1H3;;;/q;6*-1;+1;2*+2. The fourth-order valence-corrected chi connectivity index (χ4v) is 0. The van der Waals surface area contributed by atoms with E-state index in [0.717, 1.165) is 0 Å². The summed E-state index contributed by atoms with van der Waals surface area (Å²) >= 11 is 0. The third-order valence-corrected chi connectivity index (χ3v) is 0. The van der Waals surface area contributed by atoms with Gasteiger partial charge in [0.05, 0.1) is 0 Å². The van der Waals surface area contributed by atoms with Crippen LogP contribution in [0.15, 0.2) is 0 Å². The molecule has 0 nitrogen and oxygen atoms in total. The van der Waals surface area contributed by atoms with Gasteiger partial charge in [0.25, 0.3) is 0 Å². The number of rotatable bonds is 0. The molecule has 10 heavy (non-hydrogen) atoms. The summed E-state index contributed by atoms with van der Waals surface area (Å²) in [5.41, 5.74) is 0. The van der Waals surface area contributed by atoms with E-state index in [4.69, 9.17) is 0 Å². The second kappa shape index (κ2) is 278. The van der Waals surface area contributed by atoms with Gasteiger partial charge >= 0.3 is 61.4 Å². The van der Waals surface area contributed by atoms with Crippen molar-refractivity contribution in [3.8, 4) is 0 Å². The molecule has 0 aromatic rings. The maximum atomic E-state index is 0. The largest absolute Gasteiger partial charge is 2.00 e. The van der Waals surface area contributed by atoms with Crippen molar-refractivity contribution < 1.29 is 38.3 Å². The van der Waals surface area contributed by atoms with Gasteiger partial charge in [0.1, 0.15) is 0 Å². The minimum Gasteiger partial charge on any atom is -0.358 e. The average molecular weight is 203 g/mol. The molecule has 3 heteroatoms. The first-order chi connectivity index (χ1) is 0. The minimum atomic E-state index is 0. The van der Waals surface area contributed by atoms with Crippen LogP contribution in [0.2, 0.25) is 0 Å². The number of hydrogen-bond donors (Lipinski definition) is 0. The Bertz CT molecular complexity index is 13.6. The summed E-state index contributed by atoms with van der Waals surface area (Å²) in [6.07, 6.45) is 0. The molecule has 0 spiro atoms. The Balaban J connectivity index is 0.